The molecule has 1 fully saturated rings. The van der Waals surface area contributed by atoms with Gasteiger partial charge in [0, 0.05) is 4.90 Å². The van der Waals surface area contributed by atoms with Gasteiger partial charge in [0.2, 0.25) is 0 Å². The highest BCUT2D eigenvalue weighted by atomic mass is 32.2. The first-order valence-corrected chi connectivity index (χ1v) is 12.1. The fraction of sp³-hybridized carbons (Fsp3) is 0.708. The molecule has 0 spiro atoms. The lowest BCUT2D eigenvalue weighted by molar-refractivity contribution is -0.150. The monoisotopic (exact) mass is 408 g/mol. The van der Waals surface area contributed by atoms with Gasteiger partial charge in [0.25, 0.3) is 0 Å². The summed E-state index contributed by atoms with van der Waals surface area (Å²) in [4.78, 5) is 13.2. The number of ether oxygens (including phenoxy) is 1. The Morgan fingerprint density at radius 2 is 1.86 bits per heavy atom. The van der Waals surface area contributed by atoms with Crippen molar-refractivity contribution in [2.75, 3.05) is 12.4 Å². The molecule has 0 radical (unpaired) electrons. The molecule has 158 valence electrons. The highest BCUT2D eigenvalue weighted by Gasteiger charge is 2.27. The third kappa shape index (κ3) is 8.55. The Bertz CT molecular complexity index is 582. The largest absolute Gasteiger partial charge is 0.465 e. The minimum atomic E-state index is -0.115. The number of hydrogen-bond donors (Lipinski definition) is 0. The summed E-state index contributed by atoms with van der Waals surface area (Å²) in [5.74, 6) is 1.80. The molecule has 0 unspecified atom stereocenters. The molecule has 0 atom stereocenters. The summed E-state index contributed by atoms with van der Waals surface area (Å²) in [5.41, 5.74) is 0.705. The maximum absolute atomic E-state index is 13.6. The average Bonchev–Trinajstić information content (AvgIpc) is 2.71. The van der Waals surface area contributed by atoms with Crippen LogP contribution in [-0.4, -0.2) is 18.3 Å². The smallest absolute Gasteiger partial charge is 0.308 e. The minimum absolute atomic E-state index is 0.0332. The van der Waals surface area contributed by atoms with E-state index in [1.165, 1.54) is 32.1 Å². The van der Waals surface area contributed by atoms with Crippen molar-refractivity contribution in [2.24, 2.45) is 11.8 Å². The van der Waals surface area contributed by atoms with Crippen LogP contribution in [0.15, 0.2) is 23.1 Å². The van der Waals surface area contributed by atoms with Crippen molar-refractivity contribution in [3.63, 3.8) is 0 Å². The molecule has 1 aliphatic carbocycles. The normalized spacial score (nSPS) is 19.5. The standard InChI is InChI=1S/C24H37FO2S/c1-3-4-5-6-7-16-27-24(26)21-13-11-20(12-14-21)9-8-17-28-22-15-10-19(2)23(25)18-22/h10,15,18,20-21H,3-9,11-14,16-17H2,1-2H3. The predicted molar refractivity (Wildman–Crippen MR) is 116 cm³/mol. The number of rotatable bonds is 12. The van der Waals surface area contributed by atoms with Crippen LogP contribution in [0.4, 0.5) is 4.39 Å². The van der Waals surface area contributed by atoms with Crippen molar-refractivity contribution >= 4 is 17.7 Å². The van der Waals surface area contributed by atoms with Crippen LogP contribution in [0.3, 0.4) is 0 Å². The number of unbranched alkanes of at least 4 members (excludes halogenated alkanes) is 4. The molecule has 0 heterocycles. The second-order valence-corrected chi connectivity index (χ2v) is 9.37. The third-order valence-electron chi connectivity index (χ3n) is 5.84. The van der Waals surface area contributed by atoms with Crippen molar-refractivity contribution in [3.8, 4) is 0 Å². The topological polar surface area (TPSA) is 26.3 Å². The van der Waals surface area contributed by atoms with E-state index in [-0.39, 0.29) is 17.7 Å². The molecule has 1 aliphatic rings. The Morgan fingerprint density at radius 3 is 2.57 bits per heavy atom. The van der Waals surface area contributed by atoms with Crippen molar-refractivity contribution in [3.05, 3.63) is 29.6 Å². The number of thioether (sulfide) groups is 1. The molecule has 0 amide bonds. The third-order valence-corrected chi connectivity index (χ3v) is 6.92. The summed E-state index contributed by atoms with van der Waals surface area (Å²) in [6.07, 6.45) is 12.5. The summed E-state index contributed by atoms with van der Waals surface area (Å²) in [6.45, 7) is 4.60. The molecule has 0 aliphatic heterocycles. The van der Waals surface area contributed by atoms with Crippen molar-refractivity contribution < 1.29 is 13.9 Å². The van der Waals surface area contributed by atoms with Crippen molar-refractivity contribution in [1.82, 2.24) is 0 Å². The predicted octanol–water partition coefficient (Wildman–Crippen LogP) is 7.33. The van der Waals surface area contributed by atoms with Gasteiger partial charge in [-0.05, 0) is 81.2 Å². The minimum Gasteiger partial charge on any atom is -0.465 e. The quantitative estimate of drug-likeness (QED) is 0.206. The first-order chi connectivity index (χ1) is 13.6. The van der Waals surface area contributed by atoms with Gasteiger partial charge in [-0.2, -0.15) is 0 Å². The van der Waals surface area contributed by atoms with Gasteiger partial charge in [-0.25, -0.2) is 4.39 Å². The Balaban J connectivity index is 1.53. The Hall–Kier alpha value is -1.03. The molecule has 0 aromatic heterocycles. The molecule has 2 rings (SSSR count). The summed E-state index contributed by atoms with van der Waals surface area (Å²) < 4.78 is 19.1. The molecule has 0 bridgehead atoms. The first kappa shape index (κ1) is 23.3. The zero-order valence-electron chi connectivity index (χ0n) is 17.7. The van der Waals surface area contributed by atoms with E-state index in [0.29, 0.717) is 12.2 Å². The average molecular weight is 409 g/mol. The molecular weight excluding hydrogens is 371 g/mol. The number of benzene rings is 1. The highest BCUT2D eigenvalue weighted by Crippen LogP contribution is 2.33. The molecule has 1 saturated carbocycles. The maximum atomic E-state index is 13.6. The van der Waals surface area contributed by atoms with Gasteiger partial charge < -0.3 is 4.74 Å². The van der Waals surface area contributed by atoms with Crippen LogP contribution in [0, 0.1) is 24.6 Å². The van der Waals surface area contributed by atoms with Crippen LogP contribution in [0.2, 0.25) is 0 Å². The van der Waals surface area contributed by atoms with Crippen molar-refractivity contribution in [2.45, 2.75) is 89.4 Å². The van der Waals surface area contributed by atoms with Gasteiger partial charge in [0.15, 0.2) is 0 Å². The van der Waals surface area contributed by atoms with Crippen LogP contribution >= 0.6 is 11.8 Å². The molecule has 1 aromatic rings. The number of hydrogen-bond acceptors (Lipinski definition) is 3. The Labute approximate surface area is 175 Å². The molecule has 1 aromatic carbocycles. The second-order valence-electron chi connectivity index (χ2n) is 8.20. The summed E-state index contributed by atoms with van der Waals surface area (Å²) >= 11 is 1.74. The van der Waals surface area contributed by atoms with Gasteiger partial charge in [-0.1, -0.05) is 38.7 Å². The van der Waals surface area contributed by atoms with E-state index < -0.39 is 0 Å². The van der Waals surface area contributed by atoms with E-state index in [9.17, 15) is 9.18 Å². The number of carbonyl (C=O) groups is 1. The van der Waals surface area contributed by atoms with Gasteiger partial charge in [-0.3, -0.25) is 4.79 Å². The summed E-state index contributed by atoms with van der Waals surface area (Å²) in [5, 5.41) is 0. The molecule has 0 N–H and O–H groups in total. The zero-order chi connectivity index (χ0) is 20.2. The van der Waals surface area contributed by atoms with E-state index >= 15 is 0 Å². The van der Waals surface area contributed by atoms with Crippen LogP contribution in [0.25, 0.3) is 0 Å². The first-order valence-electron chi connectivity index (χ1n) is 11.2. The zero-order valence-corrected chi connectivity index (χ0v) is 18.5. The lowest BCUT2D eigenvalue weighted by Crippen LogP contribution is -2.24. The van der Waals surface area contributed by atoms with Crippen molar-refractivity contribution in [1.29, 1.82) is 0 Å². The molecule has 28 heavy (non-hydrogen) atoms. The molecule has 0 saturated heterocycles. The van der Waals surface area contributed by atoms with Gasteiger partial charge in [0.05, 0.1) is 12.5 Å². The van der Waals surface area contributed by atoms with E-state index in [1.54, 1.807) is 24.8 Å². The van der Waals surface area contributed by atoms with Gasteiger partial charge >= 0.3 is 5.97 Å². The lowest BCUT2D eigenvalue weighted by Gasteiger charge is -2.27. The van der Waals surface area contributed by atoms with E-state index in [4.69, 9.17) is 4.74 Å². The van der Waals surface area contributed by atoms with Gasteiger partial charge in [-0.15, -0.1) is 11.8 Å². The number of carbonyl (C=O) groups excluding carboxylic acids is 1. The molecule has 4 heteroatoms. The summed E-state index contributed by atoms with van der Waals surface area (Å²) in [7, 11) is 0. The highest BCUT2D eigenvalue weighted by molar-refractivity contribution is 7.99. The number of aryl methyl sites for hydroxylation is 1. The molecular formula is C24H37FO2S. The number of halogens is 1. The SMILES string of the molecule is CCCCCCCOC(=O)C1CCC(CCCSc2ccc(C)c(F)c2)CC1. The van der Waals surface area contributed by atoms with Crippen LogP contribution in [-0.2, 0) is 9.53 Å². The van der Waals surface area contributed by atoms with Crippen LogP contribution < -0.4 is 0 Å². The Morgan fingerprint density at radius 1 is 1.11 bits per heavy atom. The van der Waals surface area contributed by atoms with E-state index in [1.807, 2.05) is 12.1 Å². The van der Waals surface area contributed by atoms with E-state index in [0.717, 1.165) is 55.1 Å². The van der Waals surface area contributed by atoms with Crippen LogP contribution in [0.1, 0.15) is 83.1 Å². The summed E-state index contributed by atoms with van der Waals surface area (Å²) in [6, 6.07) is 5.49. The second kappa shape index (κ2) is 13.2. The Kier molecular flexibility index (Phi) is 11.0. The lowest BCUT2D eigenvalue weighted by atomic mass is 9.80. The fourth-order valence-corrected chi connectivity index (χ4v) is 4.81. The number of esters is 1. The van der Waals surface area contributed by atoms with Gasteiger partial charge in [0.1, 0.15) is 5.82 Å². The van der Waals surface area contributed by atoms with E-state index in [2.05, 4.69) is 6.92 Å². The fourth-order valence-electron chi connectivity index (χ4n) is 3.91. The molecule has 2 nitrogen and oxygen atoms in total. The van der Waals surface area contributed by atoms with Crippen LogP contribution in [0.5, 0.6) is 0 Å². The maximum Gasteiger partial charge on any atom is 0.308 e.